The van der Waals surface area contributed by atoms with Crippen LogP contribution in [0.4, 0.5) is 4.79 Å². The van der Waals surface area contributed by atoms with Gasteiger partial charge in [-0.1, -0.05) is 0 Å². The Morgan fingerprint density at radius 1 is 1.35 bits per heavy atom. The van der Waals surface area contributed by atoms with E-state index < -0.39 is 0 Å². The summed E-state index contributed by atoms with van der Waals surface area (Å²) in [6.45, 7) is 2.50. The number of carbonyl (C=O) groups excluding carboxylic acids is 2. The average molecular weight is 257 g/mol. The molecule has 0 aromatic heterocycles. The maximum atomic E-state index is 11.9. The molecule has 0 aliphatic carbocycles. The molecule has 2 heterocycles. The van der Waals surface area contributed by atoms with Crippen LogP contribution in [0.1, 0.15) is 25.7 Å². The summed E-state index contributed by atoms with van der Waals surface area (Å²) in [5, 5.41) is 5.60. The molecule has 0 aromatic carbocycles. The van der Waals surface area contributed by atoms with E-state index in [1.807, 2.05) is 4.90 Å². The van der Waals surface area contributed by atoms with E-state index in [0.717, 1.165) is 32.4 Å². The lowest BCUT2D eigenvalue weighted by atomic mass is 10.1. The largest absolute Gasteiger partial charge is 0.342 e. The Balaban J connectivity index is 1.69. The van der Waals surface area contributed by atoms with Crippen molar-refractivity contribution in [1.29, 1.82) is 0 Å². The topological polar surface area (TPSA) is 61.4 Å². The van der Waals surface area contributed by atoms with Crippen molar-refractivity contribution in [2.45, 2.75) is 31.1 Å². The van der Waals surface area contributed by atoms with E-state index in [2.05, 4.69) is 10.6 Å². The van der Waals surface area contributed by atoms with Gasteiger partial charge in [-0.15, -0.1) is 11.8 Å². The van der Waals surface area contributed by atoms with Gasteiger partial charge in [0, 0.05) is 19.6 Å². The van der Waals surface area contributed by atoms with Crippen molar-refractivity contribution in [3.05, 3.63) is 0 Å². The molecule has 1 unspecified atom stereocenters. The monoisotopic (exact) mass is 257 g/mol. The Morgan fingerprint density at radius 3 is 2.82 bits per heavy atom. The highest BCUT2D eigenvalue weighted by Crippen LogP contribution is 2.16. The summed E-state index contributed by atoms with van der Waals surface area (Å²) in [7, 11) is 0. The number of thioether (sulfide) groups is 1. The number of likely N-dealkylation sites (tertiary alicyclic amines) is 1. The highest BCUT2D eigenvalue weighted by atomic mass is 32.2. The number of carbonyl (C=O) groups is 2. The number of hydrogen-bond acceptors (Lipinski definition) is 3. The van der Waals surface area contributed by atoms with Crippen molar-refractivity contribution in [3.8, 4) is 0 Å². The molecule has 2 fully saturated rings. The number of hydrogen-bond donors (Lipinski definition) is 2. The van der Waals surface area contributed by atoms with Crippen LogP contribution in [0.2, 0.25) is 0 Å². The molecule has 2 N–H and O–H groups in total. The molecule has 17 heavy (non-hydrogen) atoms. The first-order valence-corrected chi connectivity index (χ1v) is 7.24. The second-order valence-electron chi connectivity index (χ2n) is 4.43. The van der Waals surface area contributed by atoms with Crippen LogP contribution in [0.5, 0.6) is 0 Å². The number of amides is 3. The van der Waals surface area contributed by atoms with E-state index in [1.165, 1.54) is 18.2 Å². The van der Waals surface area contributed by atoms with Crippen molar-refractivity contribution >= 4 is 23.7 Å². The fourth-order valence-electron chi connectivity index (χ4n) is 2.12. The summed E-state index contributed by atoms with van der Waals surface area (Å²) in [5.74, 6) is 0.688. The van der Waals surface area contributed by atoms with E-state index in [-0.39, 0.29) is 17.3 Å². The number of piperidine rings is 1. The highest BCUT2D eigenvalue weighted by Gasteiger charge is 2.21. The van der Waals surface area contributed by atoms with Crippen LogP contribution in [0.3, 0.4) is 0 Å². The first-order chi connectivity index (χ1) is 8.25. The van der Waals surface area contributed by atoms with Gasteiger partial charge in [0.2, 0.25) is 5.91 Å². The maximum absolute atomic E-state index is 11.9. The van der Waals surface area contributed by atoms with Crippen molar-refractivity contribution in [2.24, 2.45) is 0 Å². The van der Waals surface area contributed by atoms with E-state index in [9.17, 15) is 9.59 Å². The second kappa shape index (κ2) is 6.14. The van der Waals surface area contributed by atoms with Gasteiger partial charge in [-0.3, -0.25) is 4.79 Å². The van der Waals surface area contributed by atoms with Gasteiger partial charge in [-0.2, -0.15) is 0 Å². The Labute approximate surface area is 106 Å². The highest BCUT2D eigenvalue weighted by molar-refractivity contribution is 8.00. The molecule has 2 aliphatic rings. The zero-order valence-electron chi connectivity index (χ0n) is 9.91. The van der Waals surface area contributed by atoms with Crippen molar-refractivity contribution < 1.29 is 9.59 Å². The standard InChI is InChI=1S/C11H19N3O2S/c15-10(14-6-2-1-3-7-14)8-17-9-4-5-12-11(16)13-9/h9H,1-8H2,(H2,12,13,16). The quantitative estimate of drug-likeness (QED) is 0.785. The Hall–Kier alpha value is -0.910. The molecule has 96 valence electrons. The second-order valence-corrected chi connectivity index (χ2v) is 5.62. The molecule has 5 nitrogen and oxygen atoms in total. The molecule has 0 spiro atoms. The van der Waals surface area contributed by atoms with Gasteiger partial charge >= 0.3 is 6.03 Å². The minimum absolute atomic E-state index is 0.0810. The number of rotatable bonds is 3. The minimum atomic E-state index is -0.126. The molecular weight excluding hydrogens is 238 g/mol. The molecule has 6 heteroatoms. The summed E-state index contributed by atoms with van der Waals surface area (Å²) < 4.78 is 0. The predicted octanol–water partition coefficient (Wildman–Crippen LogP) is 0.761. The molecule has 0 saturated carbocycles. The molecule has 0 radical (unpaired) electrons. The van der Waals surface area contributed by atoms with Crippen LogP contribution in [-0.4, -0.2) is 47.6 Å². The van der Waals surface area contributed by atoms with E-state index >= 15 is 0 Å². The Morgan fingerprint density at radius 2 is 2.12 bits per heavy atom. The van der Waals surface area contributed by atoms with Gasteiger partial charge in [0.1, 0.15) is 0 Å². The van der Waals surface area contributed by atoms with E-state index in [4.69, 9.17) is 0 Å². The summed E-state index contributed by atoms with van der Waals surface area (Å²) in [4.78, 5) is 24.9. The van der Waals surface area contributed by atoms with Crippen LogP contribution < -0.4 is 10.6 Å². The summed E-state index contributed by atoms with van der Waals surface area (Å²) in [5.41, 5.74) is 0. The first-order valence-electron chi connectivity index (χ1n) is 6.19. The molecule has 1 atom stereocenters. The fourth-order valence-corrected chi connectivity index (χ4v) is 3.12. The lowest BCUT2D eigenvalue weighted by Gasteiger charge is -2.28. The fraction of sp³-hybridized carbons (Fsp3) is 0.818. The zero-order chi connectivity index (χ0) is 12.1. The van der Waals surface area contributed by atoms with Crippen molar-refractivity contribution in [2.75, 3.05) is 25.4 Å². The molecule has 0 aromatic rings. The maximum Gasteiger partial charge on any atom is 0.315 e. The van der Waals surface area contributed by atoms with Gasteiger partial charge in [0.05, 0.1) is 11.1 Å². The van der Waals surface area contributed by atoms with E-state index in [1.54, 1.807) is 0 Å². The first kappa shape index (κ1) is 12.5. The van der Waals surface area contributed by atoms with Gasteiger partial charge < -0.3 is 15.5 Å². The molecule has 2 aliphatic heterocycles. The molecule has 0 bridgehead atoms. The van der Waals surface area contributed by atoms with E-state index in [0.29, 0.717) is 12.3 Å². The minimum Gasteiger partial charge on any atom is -0.342 e. The van der Waals surface area contributed by atoms with Gasteiger partial charge in [-0.05, 0) is 25.7 Å². The number of urea groups is 1. The van der Waals surface area contributed by atoms with Gasteiger partial charge in [-0.25, -0.2) is 4.79 Å². The van der Waals surface area contributed by atoms with Crippen LogP contribution in [0.15, 0.2) is 0 Å². The average Bonchev–Trinajstić information content (AvgIpc) is 2.37. The summed E-state index contributed by atoms with van der Waals surface area (Å²) >= 11 is 1.54. The lowest BCUT2D eigenvalue weighted by molar-refractivity contribution is -0.129. The Bertz CT molecular complexity index is 292. The Kier molecular flexibility index (Phi) is 4.53. The number of nitrogens with zero attached hydrogens (tertiary/aromatic N) is 1. The predicted molar refractivity (Wildman–Crippen MR) is 67.8 cm³/mol. The smallest absolute Gasteiger partial charge is 0.315 e. The lowest BCUT2D eigenvalue weighted by Crippen LogP contribution is -2.48. The van der Waals surface area contributed by atoms with Crippen LogP contribution in [0, 0.1) is 0 Å². The molecule has 2 rings (SSSR count). The molecule has 2 saturated heterocycles. The molecular formula is C11H19N3O2S. The molecule has 3 amide bonds. The number of nitrogens with one attached hydrogen (secondary N) is 2. The normalized spacial score (nSPS) is 25.1. The van der Waals surface area contributed by atoms with Crippen LogP contribution >= 0.6 is 11.8 Å². The third-order valence-electron chi connectivity index (χ3n) is 3.10. The summed E-state index contributed by atoms with van der Waals surface area (Å²) in [6, 6.07) is -0.126. The summed E-state index contributed by atoms with van der Waals surface area (Å²) in [6.07, 6.45) is 4.37. The third kappa shape index (κ3) is 3.80. The van der Waals surface area contributed by atoms with Crippen LogP contribution in [0.25, 0.3) is 0 Å². The van der Waals surface area contributed by atoms with Crippen molar-refractivity contribution in [3.63, 3.8) is 0 Å². The third-order valence-corrected chi connectivity index (χ3v) is 4.27. The van der Waals surface area contributed by atoms with Crippen molar-refractivity contribution in [1.82, 2.24) is 15.5 Å². The van der Waals surface area contributed by atoms with Crippen LogP contribution in [-0.2, 0) is 4.79 Å². The zero-order valence-corrected chi connectivity index (χ0v) is 10.7. The van der Waals surface area contributed by atoms with Gasteiger partial charge in [0.25, 0.3) is 0 Å². The van der Waals surface area contributed by atoms with Gasteiger partial charge in [0.15, 0.2) is 0 Å². The SMILES string of the molecule is O=C1NCCC(SCC(=O)N2CCCCC2)N1.